The monoisotopic (exact) mass is 470 g/mol. The highest BCUT2D eigenvalue weighted by molar-refractivity contribution is 6.12. The van der Waals surface area contributed by atoms with E-state index in [-0.39, 0.29) is 18.3 Å². The number of anilines is 1. The number of carbonyl (C=O) groups is 3. The van der Waals surface area contributed by atoms with Crippen molar-refractivity contribution in [3.8, 4) is 0 Å². The largest absolute Gasteiger partial charge is 0.468 e. The first-order valence-corrected chi connectivity index (χ1v) is 11.6. The summed E-state index contributed by atoms with van der Waals surface area (Å²) < 4.78 is 15.7. The first-order valence-electron chi connectivity index (χ1n) is 11.6. The summed E-state index contributed by atoms with van der Waals surface area (Å²) in [5, 5.41) is 3.26. The molecule has 1 aromatic rings. The molecule has 8 heteroatoms. The van der Waals surface area contributed by atoms with Gasteiger partial charge in [0.2, 0.25) is 0 Å². The number of hydrogen-bond donors (Lipinski definition) is 1. The van der Waals surface area contributed by atoms with Crippen molar-refractivity contribution in [3.05, 3.63) is 52.4 Å². The van der Waals surface area contributed by atoms with E-state index in [2.05, 4.69) is 5.32 Å². The fourth-order valence-electron chi connectivity index (χ4n) is 4.66. The third-order valence-electron chi connectivity index (χ3n) is 6.37. The van der Waals surface area contributed by atoms with Gasteiger partial charge in [0, 0.05) is 49.3 Å². The Kier molecular flexibility index (Phi) is 8.15. The fraction of sp³-hybridized carbons (Fsp3) is 0.500. The van der Waals surface area contributed by atoms with Gasteiger partial charge in [0.15, 0.2) is 5.78 Å². The predicted octanol–water partition coefficient (Wildman–Crippen LogP) is 2.95. The Bertz CT molecular complexity index is 1010. The molecule has 34 heavy (non-hydrogen) atoms. The number of nitrogens with one attached hydrogen (secondary N) is 1. The molecule has 0 saturated heterocycles. The number of allylic oxidation sites excluding steroid dienone is 3. The number of rotatable bonds is 8. The SMILES string of the molecule is CCOCCOC(=O)C1=C(C)NC2=C(C(=O)[C@@H](C(=O)OC)[C@H](C)C2)[C@H]1c1ccc(N(C)C)cc1. The van der Waals surface area contributed by atoms with Crippen LogP contribution in [0, 0.1) is 11.8 Å². The predicted molar refractivity (Wildman–Crippen MR) is 128 cm³/mol. The molecule has 0 saturated carbocycles. The topological polar surface area (TPSA) is 94.2 Å². The second kappa shape index (κ2) is 10.9. The van der Waals surface area contributed by atoms with Crippen LogP contribution < -0.4 is 10.2 Å². The second-order valence-electron chi connectivity index (χ2n) is 8.85. The zero-order chi connectivity index (χ0) is 25.0. The second-order valence-corrected chi connectivity index (χ2v) is 8.85. The average Bonchev–Trinajstić information content (AvgIpc) is 2.80. The van der Waals surface area contributed by atoms with Gasteiger partial charge in [0.05, 0.1) is 19.3 Å². The van der Waals surface area contributed by atoms with Gasteiger partial charge in [-0.05, 0) is 43.9 Å². The number of dihydropyridines is 1. The smallest absolute Gasteiger partial charge is 0.336 e. The van der Waals surface area contributed by atoms with Gasteiger partial charge in [-0.3, -0.25) is 9.59 Å². The van der Waals surface area contributed by atoms with Crippen LogP contribution >= 0.6 is 0 Å². The highest BCUT2D eigenvalue weighted by atomic mass is 16.6. The minimum Gasteiger partial charge on any atom is -0.468 e. The number of hydrogen-bond acceptors (Lipinski definition) is 8. The van der Waals surface area contributed by atoms with E-state index in [1.54, 1.807) is 0 Å². The van der Waals surface area contributed by atoms with Crippen LogP contribution in [0.25, 0.3) is 0 Å². The van der Waals surface area contributed by atoms with E-state index in [4.69, 9.17) is 14.2 Å². The van der Waals surface area contributed by atoms with Crippen LogP contribution in [0.3, 0.4) is 0 Å². The van der Waals surface area contributed by atoms with E-state index < -0.39 is 23.8 Å². The molecule has 0 amide bonds. The molecule has 0 unspecified atom stereocenters. The normalized spacial score (nSPS) is 22.2. The van der Waals surface area contributed by atoms with Crippen LogP contribution in [0.5, 0.6) is 0 Å². The van der Waals surface area contributed by atoms with Crippen LogP contribution in [0.4, 0.5) is 5.69 Å². The summed E-state index contributed by atoms with van der Waals surface area (Å²) in [7, 11) is 5.17. The zero-order valence-corrected chi connectivity index (χ0v) is 20.8. The number of benzene rings is 1. The maximum Gasteiger partial charge on any atom is 0.336 e. The van der Waals surface area contributed by atoms with Crippen molar-refractivity contribution in [1.82, 2.24) is 5.32 Å². The molecule has 2 aliphatic rings. The third kappa shape index (κ3) is 5.01. The number of carbonyl (C=O) groups excluding carboxylic acids is 3. The molecule has 0 radical (unpaired) electrons. The van der Waals surface area contributed by atoms with Gasteiger partial charge < -0.3 is 24.4 Å². The summed E-state index contributed by atoms with van der Waals surface area (Å²) in [6, 6.07) is 7.71. The Morgan fingerprint density at radius 1 is 1.15 bits per heavy atom. The number of esters is 2. The van der Waals surface area contributed by atoms with E-state index in [0.717, 1.165) is 16.9 Å². The molecule has 0 bridgehead atoms. The molecule has 1 aliphatic carbocycles. The van der Waals surface area contributed by atoms with Crippen molar-refractivity contribution in [2.24, 2.45) is 11.8 Å². The van der Waals surface area contributed by atoms with E-state index in [1.165, 1.54) is 7.11 Å². The van der Waals surface area contributed by atoms with Gasteiger partial charge in [-0.15, -0.1) is 0 Å². The Labute approximate surface area is 200 Å². The lowest BCUT2D eigenvalue weighted by molar-refractivity contribution is -0.151. The van der Waals surface area contributed by atoms with Crippen molar-refractivity contribution in [3.63, 3.8) is 0 Å². The molecule has 0 fully saturated rings. The van der Waals surface area contributed by atoms with Gasteiger partial charge in [0.1, 0.15) is 12.5 Å². The van der Waals surface area contributed by atoms with E-state index in [1.807, 2.05) is 64.0 Å². The van der Waals surface area contributed by atoms with Crippen LogP contribution in [-0.2, 0) is 28.6 Å². The summed E-state index contributed by atoms with van der Waals surface area (Å²) in [6.45, 7) is 6.47. The molecule has 8 nitrogen and oxygen atoms in total. The Morgan fingerprint density at radius 3 is 2.41 bits per heavy atom. The summed E-state index contributed by atoms with van der Waals surface area (Å²) in [5.41, 5.74) is 3.93. The molecule has 1 heterocycles. The lowest BCUT2D eigenvalue weighted by Crippen LogP contribution is -2.43. The number of Topliss-reactive ketones (excluding diaryl/α,β-unsaturated/α-hetero) is 1. The van der Waals surface area contributed by atoms with Crippen molar-refractivity contribution in [2.75, 3.05) is 45.9 Å². The number of nitrogens with zero attached hydrogens (tertiary/aromatic N) is 1. The average molecular weight is 471 g/mol. The molecule has 3 atom stereocenters. The van der Waals surface area contributed by atoms with Gasteiger partial charge in [-0.2, -0.15) is 0 Å². The summed E-state index contributed by atoms with van der Waals surface area (Å²) in [6.07, 6.45) is 0.497. The lowest BCUT2D eigenvalue weighted by Gasteiger charge is -2.38. The highest BCUT2D eigenvalue weighted by Crippen LogP contribution is 2.45. The van der Waals surface area contributed by atoms with Crippen LogP contribution in [0.1, 0.15) is 38.7 Å². The molecule has 1 N–H and O–H groups in total. The van der Waals surface area contributed by atoms with Gasteiger partial charge in [-0.25, -0.2) is 4.79 Å². The number of methoxy groups -OCH3 is 1. The van der Waals surface area contributed by atoms with Crippen molar-refractivity contribution >= 4 is 23.4 Å². The molecular weight excluding hydrogens is 436 g/mol. The van der Waals surface area contributed by atoms with Gasteiger partial charge in [-0.1, -0.05) is 19.1 Å². The van der Waals surface area contributed by atoms with Crippen LogP contribution in [0.2, 0.25) is 0 Å². The van der Waals surface area contributed by atoms with E-state index >= 15 is 0 Å². The molecule has 184 valence electrons. The quantitative estimate of drug-likeness (QED) is 0.352. The summed E-state index contributed by atoms with van der Waals surface area (Å²) in [5.74, 6) is -3.18. The minimum absolute atomic E-state index is 0.109. The number of ether oxygens (including phenoxy) is 3. The van der Waals surface area contributed by atoms with Crippen LogP contribution in [-0.4, -0.2) is 58.7 Å². The Balaban J connectivity index is 2.08. The molecule has 1 aromatic carbocycles. The molecule has 0 spiro atoms. The highest BCUT2D eigenvalue weighted by Gasteiger charge is 2.47. The number of ketones is 1. The van der Waals surface area contributed by atoms with Gasteiger partial charge >= 0.3 is 11.9 Å². The molecule has 1 aliphatic heterocycles. The lowest BCUT2D eigenvalue weighted by atomic mass is 9.69. The maximum absolute atomic E-state index is 13.7. The minimum atomic E-state index is -0.914. The summed E-state index contributed by atoms with van der Waals surface area (Å²) in [4.78, 5) is 41.4. The summed E-state index contributed by atoms with van der Waals surface area (Å²) >= 11 is 0. The first kappa shape index (κ1) is 25.5. The molecular formula is C26H34N2O6. The third-order valence-corrected chi connectivity index (χ3v) is 6.37. The first-order chi connectivity index (χ1) is 16.2. The standard InChI is InChI=1S/C26H34N2O6/c1-7-33-12-13-34-26(31)21-16(3)27-19-14-15(2)20(25(30)32-6)24(29)23(19)22(21)17-8-10-18(11-9-17)28(4)5/h8-11,15,20,22,27H,7,12-14H2,1-6H3/t15-,20+,22+/m1/s1. The fourth-order valence-corrected chi connectivity index (χ4v) is 4.66. The van der Waals surface area contributed by atoms with Crippen molar-refractivity contribution < 1.29 is 28.6 Å². The van der Waals surface area contributed by atoms with E-state index in [0.29, 0.717) is 36.5 Å². The van der Waals surface area contributed by atoms with Crippen LogP contribution in [0.15, 0.2) is 46.8 Å². The maximum atomic E-state index is 13.7. The Morgan fingerprint density at radius 2 is 1.82 bits per heavy atom. The molecule has 0 aromatic heterocycles. The van der Waals surface area contributed by atoms with Gasteiger partial charge in [0.25, 0.3) is 0 Å². The van der Waals surface area contributed by atoms with E-state index in [9.17, 15) is 14.4 Å². The zero-order valence-electron chi connectivity index (χ0n) is 20.8. The molecule has 3 rings (SSSR count). The van der Waals surface area contributed by atoms with Crippen molar-refractivity contribution in [2.45, 2.75) is 33.1 Å². The van der Waals surface area contributed by atoms with Crippen molar-refractivity contribution in [1.29, 1.82) is 0 Å². The Hall–Kier alpha value is -3.13.